The molecule has 26 heavy (non-hydrogen) atoms. The highest BCUT2D eigenvalue weighted by atomic mass is 32.2. The smallest absolute Gasteiger partial charge is 0.243 e. The second kappa shape index (κ2) is 6.48. The highest BCUT2D eigenvalue weighted by Crippen LogP contribution is 2.35. The van der Waals surface area contributed by atoms with E-state index in [9.17, 15) is 8.42 Å². The molecule has 2 aliphatic heterocycles. The van der Waals surface area contributed by atoms with Gasteiger partial charge in [-0.1, -0.05) is 12.1 Å². The van der Waals surface area contributed by atoms with Gasteiger partial charge in [-0.25, -0.2) is 8.42 Å². The quantitative estimate of drug-likeness (QED) is 0.826. The number of sulfonamides is 1. The van der Waals surface area contributed by atoms with E-state index >= 15 is 0 Å². The third kappa shape index (κ3) is 3.01. The van der Waals surface area contributed by atoms with Gasteiger partial charge in [-0.3, -0.25) is 0 Å². The van der Waals surface area contributed by atoms with Crippen LogP contribution in [0.4, 0.5) is 5.69 Å². The maximum absolute atomic E-state index is 13.0. The number of fused-ring (bicyclic) bond motifs is 1. The van der Waals surface area contributed by atoms with Crippen LogP contribution < -0.4 is 14.4 Å². The van der Waals surface area contributed by atoms with Crippen LogP contribution in [0, 0.1) is 13.8 Å². The Morgan fingerprint density at radius 3 is 2.38 bits per heavy atom. The Balaban J connectivity index is 1.51. The van der Waals surface area contributed by atoms with Crippen LogP contribution in [0.3, 0.4) is 0 Å². The average Bonchev–Trinajstić information content (AvgIpc) is 3.11. The molecule has 6 nitrogen and oxygen atoms in total. The van der Waals surface area contributed by atoms with Crippen LogP contribution in [0.5, 0.6) is 11.5 Å². The van der Waals surface area contributed by atoms with Crippen molar-refractivity contribution in [1.82, 2.24) is 4.31 Å². The van der Waals surface area contributed by atoms with E-state index in [-0.39, 0.29) is 11.7 Å². The summed E-state index contributed by atoms with van der Waals surface area (Å²) in [6.07, 6.45) is 0. The van der Waals surface area contributed by atoms with E-state index in [1.54, 1.807) is 22.5 Å². The van der Waals surface area contributed by atoms with Gasteiger partial charge >= 0.3 is 0 Å². The zero-order valence-electron chi connectivity index (χ0n) is 14.9. The molecule has 1 fully saturated rings. The first-order chi connectivity index (χ1) is 12.4. The van der Waals surface area contributed by atoms with E-state index in [1.165, 1.54) is 16.8 Å². The van der Waals surface area contributed by atoms with Crippen LogP contribution in [0.1, 0.15) is 11.1 Å². The van der Waals surface area contributed by atoms with E-state index in [0.29, 0.717) is 37.7 Å². The van der Waals surface area contributed by atoms with Gasteiger partial charge in [0.2, 0.25) is 16.8 Å². The monoisotopic (exact) mass is 374 g/mol. The van der Waals surface area contributed by atoms with E-state index < -0.39 is 10.0 Å². The molecular weight excluding hydrogens is 352 g/mol. The molecule has 0 unspecified atom stereocenters. The van der Waals surface area contributed by atoms with Crippen LogP contribution >= 0.6 is 0 Å². The molecule has 0 bridgehead atoms. The largest absolute Gasteiger partial charge is 0.454 e. The zero-order chi connectivity index (χ0) is 18.3. The van der Waals surface area contributed by atoms with Gasteiger partial charge in [0.05, 0.1) is 4.90 Å². The summed E-state index contributed by atoms with van der Waals surface area (Å²) < 4.78 is 38.0. The molecule has 1 saturated heterocycles. The predicted molar refractivity (Wildman–Crippen MR) is 99.5 cm³/mol. The minimum atomic E-state index is -3.54. The number of ether oxygens (including phenoxy) is 2. The van der Waals surface area contributed by atoms with Crippen LogP contribution in [-0.2, 0) is 10.0 Å². The van der Waals surface area contributed by atoms with Crippen molar-refractivity contribution < 1.29 is 17.9 Å². The molecule has 2 aromatic carbocycles. The maximum atomic E-state index is 13.0. The van der Waals surface area contributed by atoms with E-state index in [2.05, 4.69) is 36.9 Å². The normalized spacial score (nSPS) is 17.5. The van der Waals surface area contributed by atoms with Gasteiger partial charge in [-0.2, -0.15) is 4.31 Å². The van der Waals surface area contributed by atoms with Crippen molar-refractivity contribution in [2.75, 3.05) is 37.9 Å². The summed E-state index contributed by atoms with van der Waals surface area (Å²) in [5.74, 6) is 1.07. The van der Waals surface area contributed by atoms with Crippen molar-refractivity contribution in [3.05, 3.63) is 47.5 Å². The molecule has 0 aromatic heterocycles. The Bertz CT molecular complexity index is 935. The lowest BCUT2D eigenvalue weighted by Crippen LogP contribution is -2.48. The lowest BCUT2D eigenvalue weighted by atomic mass is 10.1. The Morgan fingerprint density at radius 2 is 1.62 bits per heavy atom. The van der Waals surface area contributed by atoms with E-state index in [4.69, 9.17) is 9.47 Å². The minimum Gasteiger partial charge on any atom is -0.454 e. The number of aryl methyl sites for hydroxylation is 2. The summed E-state index contributed by atoms with van der Waals surface area (Å²) in [4.78, 5) is 2.51. The van der Waals surface area contributed by atoms with Gasteiger partial charge in [-0.05, 0) is 43.2 Å². The summed E-state index contributed by atoms with van der Waals surface area (Å²) in [6, 6.07) is 11.2. The molecule has 0 radical (unpaired) electrons. The minimum absolute atomic E-state index is 0.132. The van der Waals surface area contributed by atoms with Crippen molar-refractivity contribution in [3.63, 3.8) is 0 Å². The SMILES string of the molecule is Cc1ccc(C)c(N2CCN(S(=O)(=O)c3ccc4c(c3)OCO4)CC2)c1. The number of piperazine rings is 1. The molecule has 2 heterocycles. The molecule has 0 spiro atoms. The standard InChI is InChI=1S/C19H22N2O4S/c1-14-3-4-15(2)17(11-14)20-7-9-21(10-8-20)26(22,23)16-5-6-18-19(12-16)25-13-24-18/h3-6,11-12H,7-10,13H2,1-2H3. The van der Waals surface area contributed by atoms with Gasteiger partial charge in [0.15, 0.2) is 11.5 Å². The first-order valence-corrected chi connectivity index (χ1v) is 10.1. The molecular formula is C19H22N2O4S. The van der Waals surface area contributed by atoms with Crippen molar-refractivity contribution in [1.29, 1.82) is 0 Å². The molecule has 0 amide bonds. The second-order valence-corrected chi connectivity index (χ2v) is 8.63. The van der Waals surface area contributed by atoms with Crippen molar-refractivity contribution in [3.8, 4) is 11.5 Å². The highest BCUT2D eigenvalue weighted by molar-refractivity contribution is 7.89. The fraction of sp³-hybridized carbons (Fsp3) is 0.368. The van der Waals surface area contributed by atoms with Gasteiger partial charge in [0, 0.05) is 37.9 Å². The predicted octanol–water partition coefficient (Wildman–Crippen LogP) is 2.54. The Morgan fingerprint density at radius 1 is 0.885 bits per heavy atom. The number of nitrogens with zero attached hydrogens (tertiary/aromatic N) is 2. The molecule has 2 aliphatic rings. The number of hydrogen-bond donors (Lipinski definition) is 0. The Labute approximate surface area is 154 Å². The number of benzene rings is 2. The first-order valence-electron chi connectivity index (χ1n) is 8.67. The molecule has 0 N–H and O–H groups in total. The third-order valence-electron chi connectivity index (χ3n) is 4.93. The van der Waals surface area contributed by atoms with Crippen molar-refractivity contribution in [2.45, 2.75) is 18.7 Å². The third-order valence-corrected chi connectivity index (χ3v) is 6.82. The van der Waals surface area contributed by atoms with Crippen LogP contribution in [-0.4, -0.2) is 45.7 Å². The van der Waals surface area contributed by atoms with E-state index in [0.717, 1.165) is 0 Å². The topological polar surface area (TPSA) is 59.1 Å². The number of hydrogen-bond acceptors (Lipinski definition) is 5. The Kier molecular flexibility index (Phi) is 4.28. The fourth-order valence-corrected chi connectivity index (χ4v) is 4.85. The highest BCUT2D eigenvalue weighted by Gasteiger charge is 2.30. The molecule has 2 aromatic rings. The summed E-state index contributed by atoms with van der Waals surface area (Å²) in [6.45, 7) is 6.57. The summed E-state index contributed by atoms with van der Waals surface area (Å²) in [7, 11) is -3.54. The van der Waals surface area contributed by atoms with Gasteiger partial charge in [0.25, 0.3) is 0 Å². The summed E-state index contributed by atoms with van der Waals surface area (Å²) >= 11 is 0. The molecule has 7 heteroatoms. The van der Waals surface area contributed by atoms with Crippen molar-refractivity contribution in [2.24, 2.45) is 0 Å². The number of anilines is 1. The first kappa shape index (κ1) is 17.2. The van der Waals surface area contributed by atoms with Crippen molar-refractivity contribution >= 4 is 15.7 Å². The lowest BCUT2D eigenvalue weighted by molar-refractivity contribution is 0.174. The van der Waals surface area contributed by atoms with Crippen LogP contribution in [0.25, 0.3) is 0 Å². The molecule has 0 saturated carbocycles. The molecule has 138 valence electrons. The number of rotatable bonds is 3. The molecule has 4 rings (SSSR count). The Hall–Kier alpha value is -2.25. The van der Waals surface area contributed by atoms with Gasteiger partial charge in [0.1, 0.15) is 0 Å². The van der Waals surface area contributed by atoms with Gasteiger partial charge in [-0.15, -0.1) is 0 Å². The molecule has 0 aliphatic carbocycles. The summed E-state index contributed by atoms with van der Waals surface area (Å²) in [5.41, 5.74) is 3.61. The van der Waals surface area contributed by atoms with E-state index in [1.807, 2.05) is 0 Å². The lowest BCUT2D eigenvalue weighted by Gasteiger charge is -2.36. The summed E-state index contributed by atoms with van der Waals surface area (Å²) in [5, 5.41) is 0. The fourth-order valence-electron chi connectivity index (χ4n) is 3.42. The second-order valence-electron chi connectivity index (χ2n) is 6.70. The van der Waals surface area contributed by atoms with Crippen LogP contribution in [0.15, 0.2) is 41.3 Å². The van der Waals surface area contributed by atoms with Gasteiger partial charge < -0.3 is 14.4 Å². The zero-order valence-corrected chi connectivity index (χ0v) is 15.8. The van der Waals surface area contributed by atoms with Crippen LogP contribution in [0.2, 0.25) is 0 Å². The average molecular weight is 374 g/mol. The maximum Gasteiger partial charge on any atom is 0.243 e. The molecule has 0 atom stereocenters.